The third kappa shape index (κ3) is 2.35. The molecule has 0 amide bonds. The van der Waals surface area contributed by atoms with Crippen LogP contribution in [0.1, 0.15) is 57.8 Å². The summed E-state index contributed by atoms with van der Waals surface area (Å²) < 4.78 is 5.43. The number of rotatable bonds is 3. The van der Waals surface area contributed by atoms with Gasteiger partial charge in [-0.15, -0.1) is 0 Å². The molecule has 4 saturated carbocycles. The summed E-state index contributed by atoms with van der Waals surface area (Å²) in [6, 6.07) is 0. The van der Waals surface area contributed by atoms with Gasteiger partial charge in [0, 0.05) is 13.2 Å². The van der Waals surface area contributed by atoms with Crippen molar-refractivity contribution in [1.82, 2.24) is 0 Å². The van der Waals surface area contributed by atoms with Crippen LogP contribution in [0.5, 0.6) is 0 Å². The van der Waals surface area contributed by atoms with Crippen LogP contribution in [0.25, 0.3) is 0 Å². The van der Waals surface area contributed by atoms with E-state index < -0.39 is 0 Å². The third-order valence-electron chi connectivity index (χ3n) is 6.62. The molecule has 4 bridgehead atoms. The minimum atomic E-state index is -0.0554. The van der Waals surface area contributed by atoms with E-state index in [4.69, 9.17) is 4.74 Å². The van der Waals surface area contributed by atoms with E-state index in [-0.39, 0.29) is 6.10 Å². The van der Waals surface area contributed by atoms with Crippen molar-refractivity contribution in [2.75, 3.05) is 13.2 Å². The maximum absolute atomic E-state index is 10.7. The maximum Gasteiger partial charge on any atom is 0.0575 e. The fourth-order valence-electron chi connectivity index (χ4n) is 6.25. The highest BCUT2D eigenvalue weighted by atomic mass is 16.5. The number of hydrogen-bond acceptors (Lipinski definition) is 2. The van der Waals surface area contributed by atoms with Crippen molar-refractivity contribution in [3.63, 3.8) is 0 Å². The fraction of sp³-hybridized carbons (Fsp3) is 1.00. The molecule has 0 aromatic carbocycles. The van der Waals surface area contributed by atoms with Crippen molar-refractivity contribution in [3.8, 4) is 0 Å². The smallest absolute Gasteiger partial charge is 0.0575 e. The molecule has 1 saturated heterocycles. The molecule has 0 radical (unpaired) electrons. The van der Waals surface area contributed by atoms with Gasteiger partial charge in [-0.2, -0.15) is 0 Å². The molecule has 2 nitrogen and oxygen atoms in total. The van der Waals surface area contributed by atoms with Gasteiger partial charge in [0.1, 0.15) is 0 Å². The molecule has 5 aliphatic rings. The third-order valence-corrected chi connectivity index (χ3v) is 6.62. The predicted molar refractivity (Wildman–Crippen MR) is 74.8 cm³/mol. The van der Waals surface area contributed by atoms with E-state index >= 15 is 0 Å². The topological polar surface area (TPSA) is 29.5 Å². The minimum absolute atomic E-state index is 0.0554. The van der Waals surface area contributed by atoms with E-state index in [2.05, 4.69) is 0 Å². The summed E-state index contributed by atoms with van der Waals surface area (Å²) in [6.07, 6.45) is 12.0. The highest BCUT2D eigenvalue weighted by molar-refractivity contribution is 5.02. The lowest BCUT2D eigenvalue weighted by Crippen LogP contribution is -2.48. The van der Waals surface area contributed by atoms with Crippen molar-refractivity contribution >= 4 is 0 Å². The van der Waals surface area contributed by atoms with Crippen molar-refractivity contribution in [2.24, 2.45) is 29.1 Å². The lowest BCUT2D eigenvalue weighted by Gasteiger charge is -2.57. The average molecular weight is 264 g/mol. The van der Waals surface area contributed by atoms with Gasteiger partial charge < -0.3 is 9.84 Å². The first-order valence-corrected chi connectivity index (χ1v) is 8.48. The van der Waals surface area contributed by atoms with Gasteiger partial charge in [-0.1, -0.05) is 0 Å². The largest absolute Gasteiger partial charge is 0.393 e. The van der Waals surface area contributed by atoms with E-state index in [1.54, 1.807) is 0 Å². The normalized spacial score (nSPS) is 47.5. The molecule has 1 aliphatic heterocycles. The predicted octanol–water partition coefficient (Wildman–Crippen LogP) is 3.38. The molecule has 1 N–H and O–H groups in total. The Balaban J connectivity index is 1.44. The van der Waals surface area contributed by atoms with Gasteiger partial charge in [-0.05, 0) is 86.9 Å². The van der Waals surface area contributed by atoms with Crippen LogP contribution >= 0.6 is 0 Å². The molecule has 19 heavy (non-hydrogen) atoms. The zero-order chi connectivity index (χ0) is 12.9. The molecule has 0 aromatic heterocycles. The highest BCUT2D eigenvalue weighted by Crippen LogP contribution is 2.61. The lowest BCUT2D eigenvalue weighted by molar-refractivity contribution is -0.0910. The minimum Gasteiger partial charge on any atom is -0.393 e. The molecule has 5 rings (SSSR count). The number of hydrogen-bond donors (Lipinski definition) is 1. The van der Waals surface area contributed by atoms with Crippen LogP contribution in [-0.2, 0) is 4.74 Å². The zero-order valence-corrected chi connectivity index (χ0v) is 12.0. The fourth-order valence-corrected chi connectivity index (χ4v) is 6.25. The Morgan fingerprint density at radius 2 is 1.47 bits per heavy atom. The zero-order valence-electron chi connectivity index (χ0n) is 12.0. The van der Waals surface area contributed by atoms with Crippen molar-refractivity contribution in [1.29, 1.82) is 0 Å². The monoisotopic (exact) mass is 264 g/mol. The van der Waals surface area contributed by atoms with Crippen molar-refractivity contribution in [3.05, 3.63) is 0 Å². The van der Waals surface area contributed by atoms with Crippen LogP contribution in [0, 0.1) is 29.1 Å². The molecule has 1 heterocycles. The molecule has 0 aromatic rings. The Bertz CT molecular complexity index is 297. The van der Waals surface area contributed by atoms with Crippen LogP contribution in [0.15, 0.2) is 0 Å². The summed E-state index contributed by atoms with van der Waals surface area (Å²) in [4.78, 5) is 0. The van der Waals surface area contributed by atoms with Crippen LogP contribution in [0.4, 0.5) is 0 Å². The molecule has 0 spiro atoms. The van der Waals surface area contributed by atoms with E-state index in [0.717, 1.165) is 50.2 Å². The second-order valence-corrected chi connectivity index (χ2v) is 8.14. The first kappa shape index (κ1) is 12.6. The van der Waals surface area contributed by atoms with Crippen LogP contribution < -0.4 is 0 Å². The summed E-state index contributed by atoms with van der Waals surface area (Å²) in [6.45, 7) is 1.73. The van der Waals surface area contributed by atoms with E-state index in [0.29, 0.717) is 11.3 Å². The standard InChI is InChI=1S/C17H28O2/c18-16(15-1-3-19-4-2-15)11-17-8-12-5-13(9-17)7-14(6-12)10-17/h12-16,18H,1-11H2. The summed E-state index contributed by atoms with van der Waals surface area (Å²) >= 11 is 0. The van der Waals surface area contributed by atoms with E-state index in [1.807, 2.05) is 0 Å². The lowest BCUT2D eigenvalue weighted by atomic mass is 9.48. The van der Waals surface area contributed by atoms with Gasteiger partial charge in [-0.3, -0.25) is 0 Å². The van der Waals surface area contributed by atoms with Crippen LogP contribution in [0.3, 0.4) is 0 Å². The Labute approximate surface area is 116 Å². The van der Waals surface area contributed by atoms with E-state index in [1.165, 1.54) is 38.5 Å². The first-order chi connectivity index (χ1) is 9.22. The van der Waals surface area contributed by atoms with Crippen LogP contribution in [0.2, 0.25) is 0 Å². The molecule has 108 valence electrons. The van der Waals surface area contributed by atoms with Gasteiger partial charge in [0.25, 0.3) is 0 Å². The first-order valence-electron chi connectivity index (χ1n) is 8.48. The summed E-state index contributed by atoms with van der Waals surface area (Å²) in [5.41, 5.74) is 0.534. The van der Waals surface area contributed by atoms with Crippen molar-refractivity contribution in [2.45, 2.75) is 63.9 Å². The Hall–Kier alpha value is -0.0800. The molecule has 1 atom stereocenters. The quantitative estimate of drug-likeness (QED) is 0.846. The Morgan fingerprint density at radius 3 is 2.00 bits per heavy atom. The van der Waals surface area contributed by atoms with Gasteiger partial charge in [0.15, 0.2) is 0 Å². The summed E-state index contributed by atoms with van der Waals surface area (Å²) in [5, 5.41) is 10.7. The second kappa shape index (κ2) is 4.73. The SMILES string of the molecule is OC(CC12CC3CC(CC(C3)C1)C2)C1CCOCC1. The molecular formula is C17H28O2. The summed E-state index contributed by atoms with van der Waals surface area (Å²) in [7, 11) is 0. The van der Waals surface area contributed by atoms with Crippen LogP contribution in [-0.4, -0.2) is 24.4 Å². The van der Waals surface area contributed by atoms with Gasteiger partial charge in [-0.25, -0.2) is 0 Å². The number of aliphatic hydroxyl groups is 1. The Kier molecular flexibility index (Phi) is 3.15. The van der Waals surface area contributed by atoms with Crippen molar-refractivity contribution < 1.29 is 9.84 Å². The van der Waals surface area contributed by atoms with Gasteiger partial charge in [0.05, 0.1) is 6.10 Å². The molecule has 4 aliphatic carbocycles. The maximum atomic E-state index is 10.7. The molecule has 2 heteroatoms. The number of aliphatic hydroxyl groups excluding tert-OH is 1. The average Bonchev–Trinajstić information content (AvgIpc) is 2.37. The highest BCUT2D eigenvalue weighted by Gasteiger charge is 2.51. The van der Waals surface area contributed by atoms with Gasteiger partial charge in [0.2, 0.25) is 0 Å². The molecule has 1 unspecified atom stereocenters. The number of ether oxygens (including phenoxy) is 1. The van der Waals surface area contributed by atoms with Gasteiger partial charge >= 0.3 is 0 Å². The molecular weight excluding hydrogens is 236 g/mol. The second-order valence-electron chi connectivity index (χ2n) is 8.14. The molecule has 5 fully saturated rings. The van der Waals surface area contributed by atoms with E-state index in [9.17, 15) is 5.11 Å². The Morgan fingerprint density at radius 1 is 0.947 bits per heavy atom. The summed E-state index contributed by atoms with van der Waals surface area (Å²) in [5.74, 6) is 3.54.